The summed E-state index contributed by atoms with van der Waals surface area (Å²) >= 11 is 0. The highest BCUT2D eigenvalue weighted by molar-refractivity contribution is 5.76. The van der Waals surface area contributed by atoms with Gasteiger partial charge in [-0.25, -0.2) is 4.79 Å². The van der Waals surface area contributed by atoms with Crippen LogP contribution in [0.2, 0.25) is 0 Å². The molecule has 1 saturated heterocycles. The minimum Gasteiger partial charge on any atom is -0.481 e. The first-order valence-corrected chi connectivity index (χ1v) is 6.92. The van der Waals surface area contributed by atoms with Crippen molar-refractivity contribution in [1.29, 1.82) is 0 Å². The molecule has 21 heavy (non-hydrogen) atoms. The topological polar surface area (TPSA) is 79.7 Å². The van der Waals surface area contributed by atoms with E-state index in [1.165, 1.54) is 4.90 Å². The first-order chi connectivity index (χ1) is 9.79. The number of hydrogen-bond acceptors (Lipinski definition) is 4. The van der Waals surface area contributed by atoms with Gasteiger partial charge in [0.2, 0.25) is 0 Å². The Morgan fingerprint density at radius 3 is 2.48 bits per heavy atom. The van der Waals surface area contributed by atoms with Crippen molar-refractivity contribution in [3.8, 4) is 0 Å². The summed E-state index contributed by atoms with van der Waals surface area (Å²) in [6.07, 6.45) is 3.13. The first kappa shape index (κ1) is 15.3. The Morgan fingerprint density at radius 1 is 1.33 bits per heavy atom. The molecule has 6 nitrogen and oxygen atoms in total. The largest absolute Gasteiger partial charge is 0.481 e. The number of nitrogens with zero attached hydrogens (tertiary/aromatic N) is 2. The number of hydrogen-bond donors (Lipinski definition) is 1. The number of aromatic nitrogens is 1. The lowest BCUT2D eigenvalue weighted by Crippen LogP contribution is -2.38. The van der Waals surface area contributed by atoms with E-state index < -0.39 is 29.6 Å². The van der Waals surface area contributed by atoms with Gasteiger partial charge >= 0.3 is 12.1 Å². The molecule has 0 unspecified atom stereocenters. The maximum Gasteiger partial charge on any atom is 0.410 e. The summed E-state index contributed by atoms with van der Waals surface area (Å²) in [5, 5.41) is 9.38. The Bertz CT molecular complexity index is 524. The molecule has 1 N–H and O–H groups in total. The predicted octanol–water partition coefficient (Wildman–Crippen LogP) is 2.46. The van der Waals surface area contributed by atoms with Crippen LogP contribution < -0.4 is 0 Å². The van der Waals surface area contributed by atoms with E-state index in [1.807, 2.05) is 0 Å². The Labute approximate surface area is 123 Å². The minimum absolute atomic E-state index is 0.374. The van der Waals surface area contributed by atoms with Crippen molar-refractivity contribution < 1.29 is 19.4 Å². The van der Waals surface area contributed by atoms with Crippen LogP contribution in [0.4, 0.5) is 4.79 Å². The number of aliphatic carboxylic acids is 1. The average Bonchev–Trinajstić information content (AvgIpc) is 2.82. The second-order valence-electron chi connectivity index (χ2n) is 6.13. The molecule has 2 atom stereocenters. The van der Waals surface area contributed by atoms with Crippen LogP contribution in [0.15, 0.2) is 24.5 Å². The van der Waals surface area contributed by atoms with E-state index in [4.69, 9.17) is 4.74 Å². The number of rotatable bonds is 2. The number of likely N-dealkylation sites (tertiary alicyclic amines) is 1. The highest BCUT2D eigenvalue weighted by Gasteiger charge is 2.43. The maximum atomic E-state index is 12.3. The number of carbonyl (C=O) groups excluding carboxylic acids is 1. The fraction of sp³-hybridized carbons (Fsp3) is 0.533. The average molecular weight is 292 g/mol. The van der Waals surface area contributed by atoms with Crippen LogP contribution in [0, 0.1) is 5.92 Å². The normalized spacial score (nSPS) is 22.1. The lowest BCUT2D eigenvalue weighted by molar-refractivity contribution is -0.142. The standard InChI is InChI=1S/C15H20N2O4/c1-15(2,3)21-14(20)17-9-6-11(13(18)19)12(17)10-4-7-16-8-5-10/h4-5,7-8,11-12H,6,9H2,1-3H3,(H,18,19)/t11-,12-/m0/s1. The maximum absolute atomic E-state index is 12.3. The van der Waals surface area contributed by atoms with Crippen LogP contribution in [0.3, 0.4) is 0 Å². The Hall–Kier alpha value is -2.11. The number of amides is 1. The van der Waals surface area contributed by atoms with Crippen molar-refractivity contribution >= 4 is 12.1 Å². The van der Waals surface area contributed by atoms with Crippen LogP contribution in [0.1, 0.15) is 38.8 Å². The molecule has 0 spiro atoms. The Balaban J connectivity index is 2.28. The molecule has 1 fully saturated rings. The summed E-state index contributed by atoms with van der Waals surface area (Å²) in [5.74, 6) is -1.53. The summed E-state index contributed by atoms with van der Waals surface area (Å²) in [6, 6.07) is 2.97. The predicted molar refractivity (Wildman–Crippen MR) is 75.7 cm³/mol. The van der Waals surface area contributed by atoms with E-state index in [1.54, 1.807) is 45.3 Å². The highest BCUT2D eigenvalue weighted by atomic mass is 16.6. The molecule has 1 aliphatic heterocycles. The van der Waals surface area contributed by atoms with Crippen molar-refractivity contribution in [3.05, 3.63) is 30.1 Å². The molecular formula is C15H20N2O4. The third kappa shape index (κ3) is 3.51. The molecule has 114 valence electrons. The monoisotopic (exact) mass is 292 g/mol. The number of carboxylic acids is 1. The number of carboxylic acid groups (broad SMARTS) is 1. The molecule has 0 aliphatic carbocycles. The smallest absolute Gasteiger partial charge is 0.410 e. The Morgan fingerprint density at radius 2 is 1.95 bits per heavy atom. The van der Waals surface area contributed by atoms with E-state index in [0.29, 0.717) is 13.0 Å². The van der Waals surface area contributed by atoms with Gasteiger partial charge in [0.05, 0.1) is 12.0 Å². The van der Waals surface area contributed by atoms with Gasteiger partial charge in [-0.05, 0) is 44.9 Å². The molecule has 1 aromatic heterocycles. The van der Waals surface area contributed by atoms with Gasteiger partial charge in [-0.1, -0.05) is 0 Å². The molecule has 0 bridgehead atoms. The van der Waals surface area contributed by atoms with Gasteiger partial charge in [-0.2, -0.15) is 0 Å². The second kappa shape index (κ2) is 5.71. The second-order valence-corrected chi connectivity index (χ2v) is 6.13. The molecule has 6 heteroatoms. The number of carbonyl (C=O) groups is 2. The Kier molecular flexibility index (Phi) is 4.16. The van der Waals surface area contributed by atoms with Crippen LogP contribution in [-0.4, -0.2) is 39.2 Å². The van der Waals surface area contributed by atoms with Crippen LogP contribution in [0.5, 0.6) is 0 Å². The quantitative estimate of drug-likeness (QED) is 0.905. The van der Waals surface area contributed by atoms with E-state index in [0.717, 1.165) is 5.56 Å². The van der Waals surface area contributed by atoms with Crippen molar-refractivity contribution in [3.63, 3.8) is 0 Å². The number of ether oxygens (including phenoxy) is 1. The van der Waals surface area contributed by atoms with Gasteiger partial charge in [0, 0.05) is 18.9 Å². The summed E-state index contributed by atoms with van der Waals surface area (Å²) in [4.78, 5) is 29.2. The SMILES string of the molecule is CC(C)(C)OC(=O)N1CC[C@H](C(=O)O)[C@@H]1c1ccncc1. The third-order valence-corrected chi connectivity index (χ3v) is 3.39. The van der Waals surface area contributed by atoms with Crippen molar-refractivity contribution in [2.24, 2.45) is 5.92 Å². The van der Waals surface area contributed by atoms with Crippen LogP contribution in [0.25, 0.3) is 0 Å². The molecule has 1 amide bonds. The molecule has 1 aromatic rings. The lowest BCUT2D eigenvalue weighted by Gasteiger charge is -2.30. The third-order valence-electron chi connectivity index (χ3n) is 3.39. The van der Waals surface area contributed by atoms with Gasteiger partial charge < -0.3 is 14.7 Å². The fourth-order valence-electron chi connectivity index (χ4n) is 2.55. The van der Waals surface area contributed by atoms with E-state index in [9.17, 15) is 14.7 Å². The summed E-state index contributed by atoms with van der Waals surface area (Å²) < 4.78 is 5.38. The zero-order chi connectivity index (χ0) is 15.6. The van der Waals surface area contributed by atoms with Gasteiger partial charge in [0.15, 0.2) is 0 Å². The van der Waals surface area contributed by atoms with Gasteiger partial charge in [-0.3, -0.25) is 9.78 Å². The fourth-order valence-corrected chi connectivity index (χ4v) is 2.55. The molecule has 0 radical (unpaired) electrons. The number of pyridine rings is 1. The summed E-state index contributed by atoms with van der Waals surface area (Å²) in [6.45, 7) is 5.74. The van der Waals surface area contributed by atoms with Crippen molar-refractivity contribution in [2.75, 3.05) is 6.54 Å². The van der Waals surface area contributed by atoms with Crippen molar-refractivity contribution in [2.45, 2.75) is 38.8 Å². The van der Waals surface area contributed by atoms with Gasteiger partial charge in [0.1, 0.15) is 5.60 Å². The highest BCUT2D eigenvalue weighted by Crippen LogP contribution is 2.38. The molecule has 0 saturated carbocycles. The van der Waals surface area contributed by atoms with Crippen LogP contribution >= 0.6 is 0 Å². The van der Waals surface area contributed by atoms with Gasteiger partial charge in [-0.15, -0.1) is 0 Å². The van der Waals surface area contributed by atoms with Crippen LogP contribution in [-0.2, 0) is 9.53 Å². The zero-order valence-corrected chi connectivity index (χ0v) is 12.4. The van der Waals surface area contributed by atoms with E-state index in [2.05, 4.69) is 4.98 Å². The molecule has 0 aromatic carbocycles. The minimum atomic E-state index is -0.900. The lowest BCUT2D eigenvalue weighted by atomic mass is 9.94. The molecular weight excluding hydrogens is 272 g/mol. The van der Waals surface area contributed by atoms with E-state index >= 15 is 0 Å². The molecule has 2 heterocycles. The van der Waals surface area contributed by atoms with Crippen molar-refractivity contribution in [1.82, 2.24) is 9.88 Å². The summed E-state index contributed by atoms with van der Waals surface area (Å²) in [5.41, 5.74) is 0.155. The zero-order valence-electron chi connectivity index (χ0n) is 12.4. The summed E-state index contributed by atoms with van der Waals surface area (Å²) in [7, 11) is 0. The first-order valence-electron chi connectivity index (χ1n) is 6.92. The van der Waals surface area contributed by atoms with E-state index in [-0.39, 0.29) is 0 Å². The van der Waals surface area contributed by atoms with Gasteiger partial charge in [0.25, 0.3) is 0 Å². The molecule has 2 rings (SSSR count). The molecule has 1 aliphatic rings.